The van der Waals surface area contributed by atoms with Crippen molar-refractivity contribution in [1.82, 2.24) is 4.98 Å². The average Bonchev–Trinajstić information content (AvgIpc) is 2.19. The van der Waals surface area contributed by atoms with Crippen molar-refractivity contribution in [2.24, 2.45) is 0 Å². The third-order valence-electron chi connectivity index (χ3n) is 2.10. The number of hydrogen-bond acceptors (Lipinski definition) is 3. The van der Waals surface area contributed by atoms with Crippen LogP contribution in [-0.2, 0) is 0 Å². The summed E-state index contributed by atoms with van der Waals surface area (Å²) < 4.78 is 0. The number of nitriles is 1. The van der Waals surface area contributed by atoms with Gasteiger partial charge in [0.05, 0.1) is 0 Å². The van der Waals surface area contributed by atoms with E-state index < -0.39 is 0 Å². The molecule has 2 rings (SSSR count). The topological polar surface area (TPSA) is 36.7 Å². The molecule has 2 nitrogen and oxygen atoms in total. The highest BCUT2D eigenvalue weighted by Crippen LogP contribution is 2.28. The van der Waals surface area contributed by atoms with Gasteiger partial charge in [0.15, 0.2) is 0 Å². The van der Waals surface area contributed by atoms with Crippen molar-refractivity contribution in [3.05, 3.63) is 36.2 Å². The van der Waals surface area contributed by atoms with Crippen molar-refractivity contribution < 1.29 is 0 Å². The Morgan fingerprint density at radius 1 is 1.36 bits per heavy atom. The summed E-state index contributed by atoms with van der Waals surface area (Å²) in [7, 11) is 0. The second-order valence-electron chi connectivity index (χ2n) is 2.94. The molecule has 14 heavy (non-hydrogen) atoms. The average molecular weight is 200 g/mol. The zero-order valence-electron chi connectivity index (χ0n) is 7.69. The summed E-state index contributed by atoms with van der Waals surface area (Å²) in [6.07, 6.45) is 1.79. The number of benzene rings is 1. The monoisotopic (exact) mass is 200 g/mol. The Labute approximate surface area is 86.6 Å². The lowest BCUT2D eigenvalue weighted by atomic mass is 10.1. The molecular formula is C11H8N2S. The highest BCUT2D eigenvalue weighted by Gasteiger charge is 2.03. The normalized spacial score (nSPS) is 10.0. The maximum Gasteiger partial charge on any atom is 0.138 e. The first-order valence-electron chi connectivity index (χ1n) is 4.23. The molecule has 0 unspecified atom stereocenters. The first kappa shape index (κ1) is 9.04. The van der Waals surface area contributed by atoms with E-state index in [2.05, 4.69) is 10.4 Å². The van der Waals surface area contributed by atoms with Gasteiger partial charge in [0.25, 0.3) is 0 Å². The van der Waals surface area contributed by atoms with Gasteiger partial charge in [-0.05, 0) is 36.2 Å². The van der Waals surface area contributed by atoms with Gasteiger partial charge < -0.3 is 0 Å². The Morgan fingerprint density at radius 3 is 3.00 bits per heavy atom. The minimum Gasteiger partial charge on any atom is -0.261 e. The Hall–Kier alpha value is -1.53. The fraction of sp³-hybridized carbons (Fsp3) is 0.0909. The molecule has 0 aliphatic heterocycles. The van der Waals surface area contributed by atoms with E-state index in [9.17, 15) is 0 Å². The second kappa shape index (κ2) is 3.69. The molecule has 0 fully saturated rings. The molecule has 0 aliphatic rings. The number of fused-ring (bicyclic) bond motifs is 1. The summed E-state index contributed by atoms with van der Waals surface area (Å²) in [5, 5.41) is 13.0. The summed E-state index contributed by atoms with van der Waals surface area (Å²) in [6.45, 7) is 1.96. The molecule has 0 saturated carbocycles. The highest BCUT2D eigenvalue weighted by atomic mass is 32.2. The highest BCUT2D eigenvalue weighted by molar-refractivity contribution is 8.04. The van der Waals surface area contributed by atoms with Gasteiger partial charge in [-0.1, -0.05) is 12.1 Å². The van der Waals surface area contributed by atoms with Crippen molar-refractivity contribution in [2.75, 3.05) is 0 Å². The zero-order valence-corrected chi connectivity index (χ0v) is 8.51. The number of pyridine rings is 1. The number of aromatic nitrogens is 1. The summed E-state index contributed by atoms with van der Waals surface area (Å²) in [5.41, 5.74) is 0.973. The Morgan fingerprint density at radius 2 is 2.21 bits per heavy atom. The van der Waals surface area contributed by atoms with E-state index in [0.717, 1.165) is 21.4 Å². The molecule has 0 amide bonds. The molecule has 68 valence electrons. The number of hydrogen-bond donors (Lipinski definition) is 0. The van der Waals surface area contributed by atoms with E-state index in [0.29, 0.717) is 0 Å². The molecule has 0 saturated heterocycles. The van der Waals surface area contributed by atoms with Crippen molar-refractivity contribution >= 4 is 22.5 Å². The third-order valence-corrected chi connectivity index (χ3v) is 2.75. The smallest absolute Gasteiger partial charge is 0.138 e. The number of rotatable bonds is 1. The van der Waals surface area contributed by atoms with Gasteiger partial charge in [-0.3, -0.25) is 4.98 Å². The van der Waals surface area contributed by atoms with Crippen molar-refractivity contribution in [3.63, 3.8) is 0 Å². The van der Waals surface area contributed by atoms with Crippen molar-refractivity contribution in [2.45, 2.75) is 11.8 Å². The largest absolute Gasteiger partial charge is 0.261 e. The molecule has 0 spiro atoms. The molecule has 1 heterocycles. The first-order chi connectivity index (χ1) is 6.83. The Bertz CT molecular complexity index is 509. The van der Waals surface area contributed by atoms with E-state index in [1.807, 2.05) is 31.2 Å². The summed E-state index contributed by atoms with van der Waals surface area (Å²) in [6, 6.07) is 7.90. The molecular weight excluding hydrogens is 192 g/mol. The maximum absolute atomic E-state index is 8.66. The van der Waals surface area contributed by atoms with E-state index in [1.54, 1.807) is 6.20 Å². The van der Waals surface area contributed by atoms with Gasteiger partial charge >= 0.3 is 0 Å². The molecule has 0 bridgehead atoms. The van der Waals surface area contributed by atoms with Gasteiger partial charge in [-0.25, -0.2) is 0 Å². The van der Waals surface area contributed by atoms with Crippen LogP contribution in [-0.4, -0.2) is 4.98 Å². The quantitative estimate of drug-likeness (QED) is 0.524. The minimum absolute atomic E-state index is 0.973. The predicted molar refractivity (Wildman–Crippen MR) is 58.0 cm³/mol. The van der Waals surface area contributed by atoms with Crippen LogP contribution in [0.15, 0.2) is 35.4 Å². The van der Waals surface area contributed by atoms with Crippen LogP contribution in [0.3, 0.4) is 0 Å². The molecule has 0 radical (unpaired) electrons. The van der Waals surface area contributed by atoms with Crippen LogP contribution in [0.25, 0.3) is 10.8 Å². The predicted octanol–water partition coefficient (Wildman–Crippen LogP) is 3.12. The zero-order chi connectivity index (χ0) is 9.97. The van der Waals surface area contributed by atoms with Gasteiger partial charge in [0.1, 0.15) is 5.40 Å². The number of aryl methyl sites for hydroxylation is 1. The van der Waals surface area contributed by atoms with Crippen LogP contribution >= 0.6 is 11.8 Å². The van der Waals surface area contributed by atoms with Crippen LogP contribution in [0, 0.1) is 17.6 Å². The molecule has 0 atom stereocenters. The third kappa shape index (κ3) is 1.45. The van der Waals surface area contributed by atoms with E-state index in [4.69, 9.17) is 5.26 Å². The van der Waals surface area contributed by atoms with Crippen LogP contribution in [0.5, 0.6) is 0 Å². The van der Waals surface area contributed by atoms with Gasteiger partial charge in [-0.15, -0.1) is 0 Å². The summed E-state index contributed by atoms with van der Waals surface area (Å²) in [5.74, 6) is 0. The van der Waals surface area contributed by atoms with Gasteiger partial charge in [-0.2, -0.15) is 5.26 Å². The molecule has 1 aromatic carbocycles. The number of thiocyanates is 1. The SMILES string of the molecule is Cc1nccc2cccc(SC#N)c12. The standard InChI is InChI=1S/C11H8N2S/c1-8-11-9(5-6-13-8)3-2-4-10(11)14-7-12/h2-6H,1H3. The second-order valence-corrected chi connectivity index (χ2v) is 3.77. The number of nitrogens with zero attached hydrogens (tertiary/aromatic N) is 2. The first-order valence-corrected chi connectivity index (χ1v) is 5.05. The fourth-order valence-corrected chi connectivity index (χ4v) is 2.11. The van der Waals surface area contributed by atoms with Crippen molar-refractivity contribution in [3.8, 4) is 5.40 Å². The van der Waals surface area contributed by atoms with E-state index in [-0.39, 0.29) is 0 Å². The van der Waals surface area contributed by atoms with Crippen LogP contribution in [0.2, 0.25) is 0 Å². The van der Waals surface area contributed by atoms with Gasteiger partial charge in [0.2, 0.25) is 0 Å². The lowest BCUT2D eigenvalue weighted by molar-refractivity contribution is 1.22. The summed E-state index contributed by atoms with van der Waals surface area (Å²) in [4.78, 5) is 5.21. The molecule has 0 N–H and O–H groups in total. The number of thioether (sulfide) groups is 1. The van der Waals surface area contributed by atoms with E-state index in [1.165, 1.54) is 11.8 Å². The summed E-state index contributed by atoms with van der Waals surface area (Å²) >= 11 is 1.18. The maximum atomic E-state index is 8.66. The van der Waals surface area contributed by atoms with Crippen LogP contribution in [0.1, 0.15) is 5.69 Å². The molecule has 3 heteroatoms. The Balaban J connectivity index is 2.79. The molecule has 2 aromatic rings. The van der Waals surface area contributed by atoms with Gasteiger partial charge in [0, 0.05) is 22.2 Å². The fourth-order valence-electron chi connectivity index (χ4n) is 1.50. The molecule has 1 aromatic heterocycles. The lowest BCUT2D eigenvalue weighted by Gasteiger charge is -2.04. The lowest BCUT2D eigenvalue weighted by Crippen LogP contribution is -1.84. The van der Waals surface area contributed by atoms with E-state index >= 15 is 0 Å². The van der Waals surface area contributed by atoms with Crippen LogP contribution < -0.4 is 0 Å². The van der Waals surface area contributed by atoms with Crippen LogP contribution in [0.4, 0.5) is 0 Å². The minimum atomic E-state index is 0.973. The Kier molecular flexibility index (Phi) is 2.38. The molecule has 0 aliphatic carbocycles. The van der Waals surface area contributed by atoms with Crippen molar-refractivity contribution in [1.29, 1.82) is 5.26 Å².